The average molecular weight is 466 g/mol. The summed E-state index contributed by atoms with van der Waals surface area (Å²) in [7, 11) is -2.18. The minimum absolute atomic E-state index is 0.232. The summed E-state index contributed by atoms with van der Waals surface area (Å²) in [6.45, 7) is 3.31. The average Bonchev–Trinajstić information content (AvgIpc) is 3.28. The van der Waals surface area contributed by atoms with Crippen molar-refractivity contribution in [3.63, 3.8) is 0 Å². The van der Waals surface area contributed by atoms with Gasteiger partial charge < -0.3 is 20.4 Å². The maximum absolute atomic E-state index is 12.8. The van der Waals surface area contributed by atoms with Crippen LogP contribution in [-0.4, -0.2) is 41.7 Å². The molecule has 0 saturated carbocycles. The molecule has 1 aromatic carbocycles. The molecule has 0 unspecified atom stereocenters. The first-order chi connectivity index (χ1) is 15.8. The Bertz CT molecular complexity index is 1410. The summed E-state index contributed by atoms with van der Waals surface area (Å²) in [5.74, 6) is 0.492. The highest BCUT2D eigenvalue weighted by atomic mass is 32.2. The molecular weight excluding hydrogens is 442 g/mol. The van der Waals surface area contributed by atoms with Crippen LogP contribution in [0.15, 0.2) is 65.8 Å². The number of nitrogens with zero attached hydrogens (tertiary/aromatic N) is 2. The predicted octanol–water partition coefficient (Wildman–Crippen LogP) is 4.41. The molecule has 0 aliphatic rings. The lowest BCUT2D eigenvalue weighted by molar-refractivity contribution is 0.0600. The van der Waals surface area contributed by atoms with Crippen molar-refractivity contribution in [3.8, 4) is 0 Å². The summed E-state index contributed by atoms with van der Waals surface area (Å²) >= 11 is 0. The van der Waals surface area contributed by atoms with Gasteiger partial charge in [0.05, 0.1) is 34.2 Å². The molecule has 0 aliphatic heterocycles. The molecule has 0 amide bonds. The Morgan fingerprint density at radius 3 is 2.52 bits per heavy atom. The number of benzene rings is 1. The van der Waals surface area contributed by atoms with Gasteiger partial charge in [-0.15, -0.1) is 0 Å². The van der Waals surface area contributed by atoms with Crippen LogP contribution in [0, 0.1) is 0 Å². The van der Waals surface area contributed by atoms with E-state index in [9.17, 15) is 13.2 Å². The monoisotopic (exact) mass is 465 g/mol. The van der Waals surface area contributed by atoms with Crippen molar-refractivity contribution in [1.82, 2.24) is 15.0 Å². The highest BCUT2D eigenvalue weighted by Crippen LogP contribution is 2.32. The summed E-state index contributed by atoms with van der Waals surface area (Å²) < 4.78 is 30.4. The largest absolute Gasteiger partial charge is 0.465 e. The Morgan fingerprint density at radius 1 is 1.03 bits per heavy atom. The van der Waals surface area contributed by atoms with Gasteiger partial charge in [0, 0.05) is 23.8 Å². The third-order valence-electron chi connectivity index (χ3n) is 5.05. The van der Waals surface area contributed by atoms with Crippen molar-refractivity contribution in [2.75, 3.05) is 17.7 Å². The number of nitrogens with one attached hydrogen (secondary N) is 3. The number of pyridine rings is 2. The highest BCUT2D eigenvalue weighted by molar-refractivity contribution is 7.92. The maximum atomic E-state index is 12.8. The van der Waals surface area contributed by atoms with Gasteiger partial charge in [0.2, 0.25) is 0 Å². The molecule has 4 rings (SSSR count). The van der Waals surface area contributed by atoms with Crippen molar-refractivity contribution >= 4 is 49.9 Å². The number of methoxy groups -OCH3 is 1. The molecule has 3 aromatic heterocycles. The molecule has 3 heterocycles. The molecule has 170 valence electrons. The van der Waals surface area contributed by atoms with E-state index in [-0.39, 0.29) is 4.90 Å². The van der Waals surface area contributed by atoms with Gasteiger partial charge in [0.15, 0.2) is 9.84 Å². The summed E-state index contributed by atoms with van der Waals surface area (Å²) in [4.78, 5) is 23.7. The number of ether oxygens (including phenoxy) is 1. The zero-order valence-electron chi connectivity index (χ0n) is 18.3. The smallest absolute Gasteiger partial charge is 0.339 e. The SMILES string of the molecule is COC(=O)c1ccc(Nc2cc(Nc3ccccc3S(=O)(=O)C(C)C)c3cc[nH]c3n2)nc1. The number of H-pyrrole nitrogens is 1. The van der Waals surface area contributed by atoms with Crippen molar-refractivity contribution in [2.24, 2.45) is 0 Å². The first kappa shape index (κ1) is 22.3. The Morgan fingerprint density at radius 2 is 1.82 bits per heavy atom. The van der Waals surface area contributed by atoms with Gasteiger partial charge in [-0.1, -0.05) is 12.1 Å². The predicted molar refractivity (Wildman–Crippen MR) is 127 cm³/mol. The number of para-hydroxylation sites is 1. The maximum Gasteiger partial charge on any atom is 0.339 e. The zero-order valence-corrected chi connectivity index (χ0v) is 19.1. The molecule has 0 atom stereocenters. The number of carbonyl (C=O) groups is 1. The lowest BCUT2D eigenvalue weighted by atomic mass is 10.2. The number of hydrogen-bond donors (Lipinski definition) is 3. The molecule has 0 bridgehead atoms. The van der Waals surface area contributed by atoms with Crippen LogP contribution in [0.5, 0.6) is 0 Å². The Hall–Kier alpha value is -3.92. The molecular formula is C23H23N5O4S. The minimum Gasteiger partial charge on any atom is -0.465 e. The van der Waals surface area contributed by atoms with E-state index in [1.165, 1.54) is 13.3 Å². The number of fused-ring (bicyclic) bond motifs is 1. The van der Waals surface area contributed by atoms with Crippen LogP contribution in [0.1, 0.15) is 24.2 Å². The molecule has 0 saturated heterocycles. The van der Waals surface area contributed by atoms with Crippen LogP contribution in [0.4, 0.5) is 23.0 Å². The number of aromatic amines is 1. The van der Waals surface area contributed by atoms with Crippen LogP contribution in [-0.2, 0) is 14.6 Å². The quantitative estimate of drug-likeness (QED) is 0.343. The third kappa shape index (κ3) is 4.51. The molecule has 9 nitrogen and oxygen atoms in total. The second-order valence-corrected chi connectivity index (χ2v) is 10.0. The topological polar surface area (TPSA) is 126 Å². The molecule has 0 spiro atoms. The van der Waals surface area contributed by atoms with E-state index >= 15 is 0 Å². The van der Waals surface area contributed by atoms with Crippen LogP contribution in [0.2, 0.25) is 0 Å². The number of aromatic nitrogens is 3. The summed E-state index contributed by atoms with van der Waals surface area (Å²) in [6.07, 6.45) is 3.17. The van der Waals surface area contributed by atoms with Crippen LogP contribution in [0.3, 0.4) is 0 Å². The standard InChI is InChI=1S/C23H23N5O4S/c1-14(2)33(30,31)19-7-5-4-6-17(19)26-18-12-21(28-22-16(18)10-11-24-22)27-20-9-8-15(13-25-20)23(29)32-3/h4-14H,1-3H3,(H3,24,25,26,27,28). The van der Waals surface area contributed by atoms with Crippen molar-refractivity contribution in [3.05, 3.63) is 66.5 Å². The van der Waals surface area contributed by atoms with E-state index in [1.807, 2.05) is 6.07 Å². The first-order valence-electron chi connectivity index (χ1n) is 10.2. The number of sulfone groups is 1. The van der Waals surface area contributed by atoms with Crippen molar-refractivity contribution in [2.45, 2.75) is 24.0 Å². The number of carbonyl (C=O) groups excluding carboxylic acids is 1. The van der Waals surface area contributed by atoms with Gasteiger partial charge >= 0.3 is 5.97 Å². The van der Waals surface area contributed by atoms with Gasteiger partial charge in [0.25, 0.3) is 0 Å². The molecule has 0 aliphatic carbocycles. The third-order valence-corrected chi connectivity index (χ3v) is 7.26. The van der Waals surface area contributed by atoms with Crippen molar-refractivity contribution in [1.29, 1.82) is 0 Å². The van der Waals surface area contributed by atoms with Crippen LogP contribution in [0.25, 0.3) is 11.0 Å². The van der Waals surface area contributed by atoms with Gasteiger partial charge in [-0.05, 0) is 44.2 Å². The van der Waals surface area contributed by atoms with E-state index in [4.69, 9.17) is 0 Å². The minimum atomic E-state index is -3.49. The Labute approximate surface area is 191 Å². The van der Waals surface area contributed by atoms with E-state index < -0.39 is 21.1 Å². The zero-order chi connectivity index (χ0) is 23.6. The van der Waals surface area contributed by atoms with Gasteiger partial charge in [-0.2, -0.15) is 0 Å². The lowest BCUT2D eigenvalue weighted by Crippen LogP contribution is -2.15. The fourth-order valence-electron chi connectivity index (χ4n) is 3.26. The summed E-state index contributed by atoms with van der Waals surface area (Å²) in [5.41, 5.74) is 2.09. The number of anilines is 4. The van der Waals surface area contributed by atoms with E-state index in [1.54, 1.807) is 62.5 Å². The molecule has 0 fully saturated rings. The Kier molecular flexibility index (Phi) is 6.01. The summed E-state index contributed by atoms with van der Waals surface area (Å²) in [6, 6.07) is 13.7. The van der Waals surface area contributed by atoms with Crippen LogP contribution < -0.4 is 10.6 Å². The molecule has 0 radical (unpaired) electrons. The summed E-state index contributed by atoms with van der Waals surface area (Å²) in [5, 5.41) is 6.61. The lowest BCUT2D eigenvalue weighted by Gasteiger charge is -2.16. The molecule has 3 N–H and O–H groups in total. The number of hydrogen-bond acceptors (Lipinski definition) is 8. The fourth-order valence-corrected chi connectivity index (χ4v) is 4.46. The van der Waals surface area contributed by atoms with E-state index in [0.717, 1.165) is 5.39 Å². The molecule has 4 aromatic rings. The van der Waals surface area contributed by atoms with Gasteiger partial charge in [-0.3, -0.25) is 0 Å². The van der Waals surface area contributed by atoms with Crippen molar-refractivity contribution < 1.29 is 17.9 Å². The second kappa shape index (κ2) is 8.91. The van der Waals surface area contributed by atoms with Gasteiger partial charge in [-0.25, -0.2) is 23.2 Å². The van der Waals surface area contributed by atoms with E-state index in [0.29, 0.717) is 34.2 Å². The number of esters is 1. The molecule has 10 heteroatoms. The van der Waals surface area contributed by atoms with Crippen LogP contribution >= 0.6 is 0 Å². The second-order valence-electron chi connectivity index (χ2n) is 7.56. The number of rotatable bonds is 7. The molecule has 33 heavy (non-hydrogen) atoms. The fraction of sp³-hybridized carbons (Fsp3) is 0.174. The first-order valence-corrected chi connectivity index (χ1v) is 11.7. The normalized spacial score (nSPS) is 11.5. The van der Waals surface area contributed by atoms with Gasteiger partial charge in [0.1, 0.15) is 17.3 Å². The van der Waals surface area contributed by atoms with E-state index in [2.05, 4.69) is 30.3 Å². The Balaban J connectivity index is 1.69. The highest BCUT2D eigenvalue weighted by Gasteiger charge is 2.23.